The van der Waals surface area contributed by atoms with Gasteiger partial charge in [-0.25, -0.2) is 0 Å². The fraction of sp³-hybridized carbons (Fsp3) is 0.773. The minimum atomic E-state index is 0.449. The van der Waals surface area contributed by atoms with Gasteiger partial charge < -0.3 is 0 Å². The first-order valence-corrected chi connectivity index (χ1v) is 11.1. The first-order chi connectivity index (χ1) is 10.7. The van der Waals surface area contributed by atoms with Gasteiger partial charge in [0.05, 0.1) is 0 Å². The molecular weight excluding hydrogens is 296 g/mol. The van der Waals surface area contributed by atoms with Crippen LogP contribution in [0.5, 0.6) is 0 Å². The van der Waals surface area contributed by atoms with E-state index in [-0.39, 0.29) is 0 Å². The minimum absolute atomic E-state index is 0.449. The lowest BCUT2D eigenvalue weighted by Crippen LogP contribution is -2.36. The second-order valence-electron chi connectivity index (χ2n) is 9.45. The zero-order valence-electron chi connectivity index (χ0n) is 16.4. The lowest BCUT2D eigenvalue weighted by atomic mass is 9.66. The lowest BCUT2D eigenvalue weighted by Gasteiger charge is -2.47. The molecule has 0 spiro atoms. The summed E-state index contributed by atoms with van der Waals surface area (Å²) in [5, 5.41) is 0. The molecule has 0 bridgehead atoms. The van der Waals surface area contributed by atoms with Gasteiger partial charge in [0.2, 0.25) is 0 Å². The van der Waals surface area contributed by atoms with Crippen LogP contribution in [0, 0.1) is 16.7 Å². The Bertz CT molecular complexity index is 610. The molecule has 130 valence electrons. The fourth-order valence-electron chi connectivity index (χ4n) is 4.38. The van der Waals surface area contributed by atoms with E-state index in [0.717, 1.165) is 5.92 Å². The molecule has 0 aromatic heterocycles. The van der Waals surface area contributed by atoms with Crippen molar-refractivity contribution in [1.82, 2.24) is 0 Å². The Labute approximate surface area is 146 Å². The van der Waals surface area contributed by atoms with E-state index < -0.39 is 0 Å². The Morgan fingerprint density at radius 3 is 2.39 bits per heavy atom. The van der Waals surface area contributed by atoms with Gasteiger partial charge in [-0.3, -0.25) is 0 Å². The molecule has 0 nitrogen and oxygen atoms in total. The van der Waals surface area contributed by atoms with E-state index in [4.69, 9.17) is 0 Å². The Morgan fingerprint density at radius 1 is 1.17 bits per heavy atom. The van der Waals surface area contributed by atoms with Crippen molar-refractivity contribution in [2.75, 3.05) is 5.75 Å². The molecule has 0 radical (unpaired) electrons. The molecule has 1 saturated carbocycles. The van der Waals surface area contributed by atoms with Gasteiger partial charge in [0.25, 0.3) is 0 Å². The lowest BCUT2D eigenvalue weighted by molar-refractivity contribution is 0.230. The third-order valence-electron chi connectivity index (χ3n) is 6.96. The van der Waals surface area contributed by atoms with E-state index in [1.54, 1.807) is 11.1 Å². The summed E-state index contributed by atoms with van der Waals surface area (Å²) >= 11 is 0. The molecule has 1 heteroatoms. The van der Waals surface area contributed by atoms with Crippen molar-refractivity contribution in [3.63, 3.8) is 0 Å². The van der Waals surface area contributed by atoms with Crippen molar-refractivity contribution >= 4 is 15.3 Å². The standard InChI is InChI=1S/C22H36S/c1-8-16-17-12-15(3)22(6,7)14-20(17)23-11-10-19(23)18(16)13-21(4,5)9-2/h15H,8-14H2,1-7H3. The van der Waals surface area contributed by atoms with Gasteiger partial charge in [0.15, 0.2) is 0 Å². The molecule has 3 aliphatic rings. The first-order valence-electron chi connectivity index (χ1n) is 9.71. The monoisotopic (exact) mass is 332 g/mol. The highest BCUT2D eigenvalue weighted by molar-refractivity contribution is 8.20. The fourth-order valence-corrected chi connectivity index (χ4v) is 7.08. The van der Waals surface area contributed by atoms with E-state index in [1.807, 2.05) is 15.3 Å². The highest BCUT2D eigenvalue weighted by Gasteiger charge is 2.41. The van der Waals surface area contributed by atoms with E-state index >= 15 is 0 Å². The molecule has 0 aromatic rings. The second kappa shape index (κ2) is 5.90. The molecule has 2 aliphatic heterocycles. The van der Waals surface area contributed by atoms with Crippen molar-refractivity contribution in [1.29, 1.82) is 0 Å². The highest BCUT2D eigenvalue weighted by Crippen LogP contribution is 2.57. The Kier molecular flexibility index (Phi) is 4.49. The van der Waals surface area contributed by atoms with Crippen LogP contribution in [-0.2, 0) is 0 Å². The maximum Gasteiger partial charge on any atom is -0.00280 e. The highest BCUT2D eigenvalue weighted by atomic mass is 32.2. The number of hydrogen-bond donors (Lipinski definition) is 0. The summed E-state index contributed by atoms with van der Waals surface area (Å²) in [4.78, 5) is 3.75. The molecule has 0 N–H and O–H groups in total. The molecule has 1 aliphatic carbocycles. The number of hydrogen-bond acceptors (Lipinski definition) is 0. The smallest absolute Gasteiger partial charge is 0.00280 e. The Hall–Kier alpha value is -0.300. The normalized spacial score (nSPS) is 30.1. The number of fused-ring (bicyclic) bond motifs is 2. The predicted octanol–water partition coefficient (Wildman–Crippen LogP) is 7.09. The van der Waals surface area contributed by atoms with Crippen LogP contribution < -0.4 is 0 Å². The van der Waals surface area contributed by atoms with Gasteiger partial charge in [-0.2, -0.15) is 10.5 Å². The molecular formula is C22H36S. The summed E-state index contributed by atoms with van der Waals surface area (Å²) in [5.74, 6) is 2.26. The van der Waals surface area contributed by atoms with E-state index in [9.17, 15) is 0 Å². The number of rotatable bonds is 4. The number of allylic oxidation sites excluding steroid dienone is 4. The van der Waals surface area contributed by atoms with Gasteiger partial charge in [0.1, 0.15) is 0 Å². The average Bonchev–Trinajstić information content (AvgIpc) is 2.41. The van der Waals surface area contributed by atoms with Crippen molar-refractivity contribution < 1.29 is 0 Å². The van der Waals surface area contributed by atoms with Gasteiger partial charge in [-0.05, 0) is 81.1 Å². The van der Waals surface area contributed by atoms with Crippen LogP contribution in [-0.4, -0.2) is 10.6 Å². The molecule has 0 amide bonds. The SMILES string of the molecule is CCC1=C2CC(C)C(C)(C)CC2=S2CCC2=C1CC(C)(C)CC. The molecule has 23 heavy (non-hydrogen) atoms. The summed E-state index contributed by atoms with van der Waals surface area (Å²) in [6.07, 6.45) is 7.89. The van der Waals surface area contributed by atoms with E-state index in [2.05, 4.69) is 48.5 Å². The average molecular weight is 333 g/mol. The maximum atomic E-state index is 2.50. The van der Waals surface area contributed by atoms with E-state index in [1.165, 1.54) is 44.3 Å². The van der Waals surface area contributed by atoms with Gasteiger partial charge in [-0.1, -0.05) is 54.9 Å². The summed E-state index contributed by atoms with van der Waals surface area (Å²) in [7, 11) is 0.517. The third kappa shape index (κ3) is 2.92. The van der Waals surface area contributed by atoms with Gasteiger partial charge >= 0.3 is 0 Å². The van der Waals surface area contributed by atoms with Crippen LogP contribution in [0.4, 0.5) is 0 Å². The zero-order valence-corrected chi connectivity index (χ0v) is 17.3. The molecule has 2 atom stereocenters. The van der Waals surface area contributed by atoms with Crippen LogP contribution in [0.2, 0.25) is 0 Å². The van der Waals surface area contributed by atoms with Gasteiger partial charge in [-0.15, -0.1) is 0 Å². The topological polar surface area (TPSA) is 0 Å². The van der Waals surface area contributed by atoms with Crippen LogP contribution in [0.1, 0.15) is 87.0 Å². The zero-order chi connectivity index (χ0) is 17.0. The minimum Gasteiger partial charge on any atom is -0.155 e. The van der Waals surface area contributed by atoms with Crippen molar-refractivity contribution in [2.45, 2.75) is 87.0 Å². The molecule has 2 fully saturated rings. The molecule has 2 heterocycles. The van der Waals surface area contributed by atoms with E-state index in [0.29, 0.717) is 21.3 Å². The van der Waals surface area contributed by atoms with Gasteiger partial charge in [0, 0.05) is 0 Å². The predicted molar refractivity (Wildman–Crippen MR) is 107 cm³/mol. The maximum absolute atomic E-state index is 2.50. The summed E-state index contributed by atoms with van der Waals surface area (Å²) in [6, 6.07) is 0. The molecule has 3 rings (SSSR count). The van der Waals surface area contributed by atoms with Crippen LogP contribution in [0.15, 0.2) is 21.6 Å². The van der Waals surface area contributed by atoms with Crippen molar-refractivity contribution in [3.8, 4) is 0 Å². The Morgan fingerprint density at radius 2 is 1.87 bits per heavy atom. The summed E-state index contributed by atoms with van der Waals surface area (Å²) in [6.45, 7) is 17.1. The Balaban J connectivity index is 2.09. The van der Waals surface area contributed by atoms with Crippen LogP contribution in [0.25, 0.3) is 0 Å². The van der Waals surface area contributed by atoms with Crippen molar-refractivity contribution in [3.05, 3.63) is 21.6 Å². The largest absolute Gasteiger partial charge is 0.155 e. The molecule has 2 unspecified atom stereocenters. The molecule has 1 saturated heterocycles. The summed E-state index contributed by atoms with van der Waals surface area (Å²) in [5.41, 5.74) is 6.33. The van der Waals surface area contributed by atoms with Crippen molar-refractivity contribution in [2.24, 2.45) is 16.7 Å². The summed E-state index contributed by atoms with van der Waals surface area (Å²) < 4.78 is 0. The van der Waals surface area contributed by atoms with Crippen LogP contribution in [0.3, 0.4) is 0 Å². The third-order valence-corrected chi connectivity index (χ3v) is 9.60. The first kappa shape index (κ1) is 17.5. The van der Waals surface area contributed by atoms with Crippen LogP contribution >= 0.6 is 10.5 Å². The second-order valence-corrected chi connectivity index (χ2v) is 11.6. The quantitative estimate of drug-likeness (QED) is 0.482. The molecule has 0 aromatic carbocycles.